The van der Waals surface area contributed by atoms with E-state index < -0.39 is 0 Å². The molecular formula is C18H20N4O. The van der Waals surface area contributed by atoms with Crippen molar-refractivity contribution in [1.29, 1.82) is 0 Å². The number of hydrogen-bond acceptors (Lipinski definition) is 4. The highest BCUT2D eigenvalue weighted by molar-refractivity contribution is 6.02. The van der Waals surface area contributed by atoms with Gasteiger partial charge >= 0.3 is 0 Å². The third-order valence-electron chi connectivity index (χ3n) is 3.98. The van der Waals surface area contributed by atoms with E-state index in [1.807, 2.05) is 38.4 Å². The molecule has 3 rings (SSSR count). The summed E-state index contributed by atoms with van der Waals surface area (Å²) in [5, 5.41) is 5.31. The second-order valence-corrected chi connectivity index (χ2v) is 6.01. The van der Waals surface area contributed by atoms with Crippen LogP contribution < -0.4 is 0 Å². The maximum atomic E-state index is 11.8. The van der Waals surface area contributed by atoms with Crippen molar-refractivity contribution in [3.63, 3.8) is 0 Å². The Labute approximate surface area is 135 Å². The Hall–Kier alpha value is -2.56. The van der Waals surface area contributed by atoms with Gasteiger partial charge in [-0.2, -0.15) is 5.10 Å². The third kappa shape index (κ3) is 2.52. The Bertz CT molecular complexity index is 880. The SMILES string of the molecule is CCn1ncc2c(-c3cncc(C)c3)c(C=O)c(C(C)C)nc21. The van der Waals surface area contributed by atoms with E-state index in [9.17, 15) is 4.79 Å². The lowest BCUT2D eigenvalue weighted by Crippen LogP contribution is -2.06. The van der Waals surface area contributed by atoms with Crippen LogP contribution in [0.2, 0.25) is 0 Å². The number of aldehydes is 1. The van der Waals surface area contributed by atoms with Gasteiger partial charge in [-0.05, 0) is 31.4 Å². The molecule has 3 aromatic heterocycles. The standard InChI is InChI=1S/C18H20N4O/c1-5-22-18-14(9-20-22)16(13-6-12(4)7-19-8-13)15(10-23)17(21-18)11(2)3/h6-11H,5H2,1-4H3. The summed E-state index contributed by atoms with van der Waals surface area (Å²) in [5.41, 5.74) is 5.12. The van der Waals surface area contributed by atoms with Gasteiger partial charge in [0.05, 0.1) is 11.9 Å². The molecule has 0 unspecified atom stereocenters. The van der Waals surface area contributed by atoms with Gasteiger partial charge in [0.25, 0.3) is 0 Å². The molecule has 0 N–H and O–H groups in total. The fraction of sp³-hybridized carbons (Fsp3) is 0.333. The minimum Gasteiger partial charge on any atom is -0.298 e. The quantitative estimate of drug-likeness (QED) is 0.689. The van der Waals surface area contributed by atoms with Gasteiger partial charge in [0, 0.05) is 41.0 Å². The minimum atomic E-state index is 0.149. The highest BCUT2D eigenvalue weighted by Crippen LogP contribution is 2.34. The van der Waals surface area contributed by atoms with Crippen molar-refractivity contribution in [2.24, 2.45) is 0 Å². The lowest BCUT2D eigenvalue weighted by Gasteiger charge is -2.14. The molecule has 0 fully saturated rings. The highest BCUT2D eigenvalue weighted by atomic mass is 16.1. The zero-order valence-electron chi connectivity index (χ0n) is 13.9. The Morgan fingerprint density at radius 2 is 2.04 bits per heavy atom. The molecule has 0 aliphatic carbocycles. The summed E-state index contributed by atoms with van der Waals surface area (Å²) in [6, 6.07) is 2.04. The number of aryl methyl sites for hydroxylation is 2. The van der Waals surface area contributed by atoms with Gasteiger partial charge in [0.2, 0.25) is 0 Å². The van der Waals surface area contributed by atoms with Crippen LogP contribution in [-0.4, -0.2) is 26.0 Å². The summed E-state index contributed by atoms with van der Waals surface area (Å²) < 4.78 is 1.86. The van der Waals surface area contributed by atoms with E-state index >= 15 is 0 Å². The molecule has 23 heavy (non-hydrogen) atoms. The second-order valence-electron chi connectivity index (χ2n) is 6.01. The zero-order valence-corrected chi connectivity index (χ0v) is 13.9. The average molecular weight is 308 g/mol. The molecular weight excluding hydrogens is 288 g/mol. The van der Waals surface area contributed by atoms with E-state index in [0.29, 0.717) is 5.56 Å². The first kappa shape index (κ1) is 15.3. The summed E-state index contributed by atoms with van der Waals surface area (Å²) in [4.78, 5) is 20.9. The van der Waals surface area contributed by atoms with Crippen LogP contribution in [-0.2, 0) is 6.54 Å². The van der Waals surface area contributed by atoms with E-state index in [0.717, 1.165) is 46.2 Å². The maximum Gasteiger partial charge on any atom is 0.158 e. The lowest BCUT2D eigenvalue weighted by atomic mass is 9.93. The first-order valence-corrected chi connectivity index (χ1v) is 7.83. The largest absolute Gasteiger partial charge is 0.298 e. The van der Waals surface area contributed by atoms with Gasteiger partial charge in [-0.1, -0.05) is 13.8 Å². The van der Waals surface area contributed by atoms with Crippen molar-refractivity contribution in [2.45, 2.75) is 40.2 Å². The minimum absolute atomic E-state index is 0.149. The third-order valence-corrected chi connectivity index (χ3v) is 3.98. The van der Waals surface area contributed by atoms with Crippen LogP contribution in [0.15, 0.2) is 24.7 Å². The predicted octanol–water partition coefficient (Wildman–Crippen LogP) is 3.76. The van der Waals surface area contributed by atoms with Crippen molar-refractivity contribution in [3.05, 3.63) is 41.5 Å². The monoisotopic (exact) mass is 308 g/mol. The van der Waals surface area contributed by atoms with Crippen LogP contribution in [0.4, 0.5) is 0 Å². The average Bonchev–Trinajstić information content (AvgIpc) is 2.95. The fourth-order valence-corrected chi connectivity index (χ4v) is 2.91. The zero-order chi connectivity index (χ0) is 16.6. The van der Waals surface area contributed by atoms with Gasteiger partial charge in [0.1, 0.15) is 0 Å². The molecule has 0 aliphatic rings. The van der Waals surface area contributed by atoms with E-state index in [4.69, 9.17) is 4.98 Å². The summed E-state index contributed by atoms with van der Waals surface area (Å²) in [7, 11) is 0. The molecule has 0 bridgehead atoms. The van der Waals surface area contributed by atoms with Crippen molar-refractivity contribution in [1.82, 2.24) is 19.7 Å². The Balaban J connectivity index is 2.46. The molecule has 0 atom stereocenters. The molecule has 3 heterocycles. The number of carbonyl (C=O) groups is 1. The second kappa shape index (κ2) is 5.91. The number of nitrogens with zero attached hydrogens (tertiary/aromatic N) is 4. The number of rotatable bonds is 4. The lowest BCUT2D eigenvalue weighted by molar-refractivity contribution is 0.112. The molecule has 0 aromatic carbocycles. The van der Waals surface area contributed by atoms with Crippen molar-refractivity contribution < 1.29 is 4.79 Å². The Morgan fingerprint density at radius 1 is 1.26 bits per heavy atom. The Kier molecular flexibility index (Phi) is 3.94. The first-order chi connectivity index (χ1) is 11.1. The van der Waals surface area contributed by atoms with Crippen molar-refractivity contribution >= 4 is 17.3 Å². The molecule has 5 heteroatoms. The molecule has 0 saturated carbocycles. The van der Waals surface area contributed by atoms with Crippen LogP contribution in [0.1, 0.15) is 48.3 Å². The van der Waals surface area contributed by atoms with Crippen LogP contribution >= 0.6 is 0 Å². The van der Waals surface area contributed by atoms with Gasteiger partial charge in [-0.25, -0.2) is 9.67 Å². The summed E-state index contributed by atoms with van der Waals surface area (Å²) in [6.45, 7) is 8.86. The fourth-order valence-electron chi connectivity index (χ4n) is 2.91. The smallest absolute Gasteiger partial charge is 0.158 e. The normalized spacial score (nSPS) is 11.3. The summed E-state index contributed by atoms with van der Waals surface area (Å²) in [6.07, 6.45) is 6.30. The number of pyridine rings is 2. The van der Waals surface area contributed by atoms with Crippen molar-refractivity contribution in [2.75, 3.05) is 0 Å². The van der Waals surface area contributed by atoms with Gasteiger partial charge in [-0.3, -0.25) is 9.78 Å². The summed E-state index contributed by atoms with van der Waals surface area (Å²) >= 11 is 0. The predicted molar refractivity (Wildman–Crippen MR) is 90.6 cm³/mol. The number of aromatic nitrogens is 4. The van der Waals surface area contributed by atoms with Gasteiger partial charge in [-0.15, -0.1) is 0 Å². The van der Waals surface area contributed by atoms with E-state index in [-0.39, 0.29) is 5.92 Å². The van der Waals surface area contributed by atoms with Gasteiger partial charge in [0.15, 0.2) is 11.9 Å². The molecule has 0 saturated heterocycles. The number of hydrogen-bond donors (Lipinski definition) is 0. The van der Waals surface area contributed by atoms with Crippen LogP contribution in [0.5, 0.6) is 0 Å². The highest BCUT2D eigenvalue weighted by Gasteiger charge is 2.20. The molecule has 0 aliphatic heterocycles. The number of carbonyl (C=O) groups excluding carboxylic acids is 1. The molecule has 5 nitrogen and oxygen atoms in total. The molecule has 0 amide bonds. The van der Waals surface area contributed by atoms with Crippen LogP contribution in [0.25, 0.3) is 22.2 Å². The van der Waals surface area contributed by atoms with E-state index in [1.54, 1.807) is 18.6 Å². The molecule has 0 spiro atoms. The maximum absolute atomic E-state index is 11.8. The van der Waals surface area contributed by atoms with Crippen LogP contribution in [0.3, 0.4) is 0 Å². The topological polar surface area (TPSA) is 60.7 Å². The molecule has 3 aromatic rings. The van der Waals surface area contributed by atoms with Crippen LogP contribution in [0, 0.1) is 6.92 Å². The van der Waals surface area contributed by atoms with Crippen molar-refractivity contribution in [3.8, 4) is 11.1 Å². The Morgan fingerprint density at radius 3 is 2.65 bits per heavy atom. The molecule has 118 valence electrons. The summed E-state index contributed by atoms with van der Waals surface area (Å²) in [5.74, 6) is 0.149. The number of fused-ring (bicyclic) bond motifs is 1. The van der Waals surface area contributed by atoms with E-state index in [2.05, 4.69) is 10.1 Å². The van der Waals surface area contributed by atoms with Gasteiger partial charge < -0.3 is 0 Å². The molecule has 0 radical (unpaired) electrons. The van der Waals surface area contributed by atoms with E-state index in [1.165, 1.54) is 0 Å². The first-order valence-electron chi connectivity index (χ1n) is 7.83.